The first-order valence-electron chi connectivity index (χ1n) is 2.11. The number of rotatable bonds is 0. The Morgan fingerprint density at radius 2 is 1.00 bits per heavy atom. The molecule has 0 aliphatic carbocycles. The predicted molar refractivity (Wildman–Crippen MR) is 36.3 cm³/mol. The van der Waals surface area contributed by atoms with E-state index in [-0.39, 0.29) is 51.7 Å². The summed E-state index contributed by atoms with van der Waals surface area (Å²) in [6.45, 7) is 0. The van der Waals surface area contributed by atoms with Gasteiger partial charge in [0.2, 0.25) is 0 Å². The van der Waals surface area contributed by atoms with Gasteiger partial charge in [-0.1, -0.05) is 0 Å². The van der Waals surface area contributed by atoms with Gasteiger partial charge in [-0.2, -0.15) is 0 Å². The van der Waals surface area contributed by atoms with Crippen molar-refractivity contribution in [1.29, 1.82) is 0 Å². The number of H-pyrrole nitrogens is 3. The molecule has 0 radical (unpaired) electrons. The second kappa shape index (κ2) is 3.99. The van der Waals surface area contributed by atoms with Crippen LogP contribution in [0.5, 0.6) is 0 Å². The molecule has 0 aliphatic heterocycles. The molecule has 3 N–H and O–H groups in total. The third-order valence-corrected chi connectivity index (χ3v) is 0.681. The smallest absolute Gasteiger partial charge is 1.00 e. The Hall–Kier alpha value is -0.0186. The Bertz CT molecular complexity index is 289. The Labute approximate surface area is 97.1 Å². The van der Waals surface area contributed by atoms with Crippen LogP contribution in [-0.2, 0) is 0 Å². The summed E-state index contributed by atoms with van der Waals surface area (Å²) in [5.74, 6) is 0. The molecule has 6 nitrogen and oxygen atoms in total. The molecule has 0 atom stereocenters. The van der Waals surface area contributed by atoms with Crippen LogP contribution in [0.3, 0.4) is 0 Å². The van der Waals surface area contributed by atoms with E-state index in [9.17, 15) is 14.4 Å². The van der Waals surface area contributed by atoms with E-state index in [0.717, 1.165) is 0 Å². The maximum atomic E-state index is 10.2. The number of aromatic nitrogens is 3. The molecule has 0 unspecified atom stereocenters. The Kier molecular flexibility index (Phi) is 3.98. The molecule has 52 valence electrons. The quantitative estimate of drug-likeness (QED) is 0.457. The van der Waals surface area contributed by atoms with E-state index < -0.39 is 17.1 Å². The third kappa shape index (κ3) is 2.71. The average Bonchev–Trinajstić information content (AvgIpc) is 1.59. The minimum atomic E-state index is -0.802. The van der Waals surface area contributed by atoms with Gasteiger partial charge in [0.25, 0.3) is 0 Å². The monoisotopic (exact) mass is 269 g/mol. The molecule has 1 heterocycles. The van der Waals surface area contributed by atoms with Gasteiger partial charge in [0, 0.05) is 0 Å². The fourth-order valence-electron chi connectivity index (χ4n) is 0.403. The SMILES string of the molecule is O=c1[nH]c(=O)[nH]c(=O)[nH]1.[Ba+2].[H-].[H-]. The van der Waals surface area contributed by atoms with E-state index in [0.29, 0.717) is 0 Å². The standard InChI is InChI=1S/C3H3N3O3.Ba.2H/c7-1-4-2(8)6-3(9)5-1;;;/h(H3,4,5,6,7,8,9);;;/q;+2;2*-1. The molecule has 0 amide bonds. The van der Waals surface area contributed by atoms with Crippen molar-refractivity contribution in [3.05, 3.63) is 31.5 Å². The first-order valence-corrected chi connectivity index (χ1v) is 2.11. The van der Waals surface area contributed by atoms with Crippen molar-refractivity contribution in [2.75, 3.05) is 0 Å². The van der Waals surface area contributed by atoms with Crippen molar-refractivity contribution in [3.63, 3.8) is 0 Å². The third-order valence-electron chi connectivity index (χ3n) is 0.681. The van der Waals surface area contributed by atoms with Gasteiger partial charge in [0.1, 0.15) is 0 Å². The Morgan fingerprint density at radius 1 is 0.800 bits per heavy atom. The van der Waals surface area contributed by atoms with Gasteiger partial charge in [-0.25, -0.2) is 14.4 Å². The van der Waals surface area contributed by atoms with E-state index in [1.54, 1.807) is 15.0 Å². The fourth-order valence-corrected chi connectivity index (χ4v) is 0.403. The van der Waals surface area contributed by atoms with Gasteiger partial charge in [-0.3, -0.25) is 15.0 Å². The summed E-state index contributed by atoms with van der Waals surface area (Å²) in [4.78, 5) is 35.9. The van der Waals surface area contributed by atoms with Crippen molar-refractivity contribution < 1.29 is 2.85 Å². The zero-order valence-electron chi connectivity index (χ0n) is 6.93. The van der Waals surface area contributed by atoms with Crippen molar-refractivity contribution in [2.24, 2.45) is 0 Å². The molecular formula is C3H5BaN3O3. The normalized spacial score (nSPS) is 8.40. The van der Waals surface area contributed by atoms with E-state index in [2.05, 4.69) is 0 Å². The summed E-state index contributed by atoms with van der Waals surface area (Å²) >= 11 is 0. The topological polar surface area (TPSA) is 98.6 Å². The second-order valence-corrected chi connectivity index (χ2v) is 1.36. The molecule has 0 spiro atoms. The van der Waals surface area contributed by atoms with Crippen molar-refractivity contribution in [2.45, 2.75) is 0 Å². The summed E-state index contributed by atoms with van der Waals surface area (Å²) in [5, 5.41) is 0. The van der Waals surface area contributed by atoms with Crippen LogP contribution in [0, 0.1) is 0 Å². The minimum absolute atomic E-state index is 0. The number of hydrogen-bond donors (Lipinski definition) is 3. The largest absolute Gasteiger partial charge is 2.00 e. The van der Waals surface area contributed by atoms with E-state index in [1.165, 1.54) is 0 Å². The summed E-state index contributed by atoms with van der Waals surface area (Å²) in [6, 6.07) is 0. The van der Waals surface area contributed by atoms with Gasteiger partial charge in [0.05, 0.1) is 0 Å². The van der Waals surface area contributed by atoms with Crippen molar-refractivity contribution in [3.8, 4) is 0 Å². The van der Waals surface area contributed by atoms with Crippen LogP contribution < -0.4 is 17.1 Å². The molecule has 1 aromatic heterocycles. The fraction of sp³-hybridized carbons (Fsp3) is 0. The molecule has 0 bridgehead atoms. The molecule has 1 aromatic rings. The molecular weight excluding hydrogens is 263 g/mol. The van der Waals surface area contributed by atoms with Gasteiger partial charge in [-0.15, -0.1) is 0 Å². The first-order chi connectivity index (χ1) is 4.18. The van der Waals surface area contributed by atoms with Crippen LogP contribution in [0.2, 0.25) is 0 Å². The van der Waals surface area contributed by atoms with Crippen molar-refractivity contribution >= 4 is 48.9 Å². The van der Waals surface area contributed by atoms with E-state index in [4.69, 9.17) is 0 Å². The van der Waals surface area contributed by atoms with E-state index >= 15 is 0 Å². The summed E-state index contributed by atoms with van der Waals surface area (Å²) < 4.78 is 0. The molecule has 10 heavy (non-hydrogen) atoms. The zero-order valence-corrected chi connectivity index (χ0v) is 9.37. The van der Waals surface area contributed by atoms with Crippen LogP contribution in [-0.4, -0.2) is 63.8 Å². The molecule has 0 aliphatic rings. The van der Waals surface area contributed by atoms with Crippen LogP contribution >= 0.6 is 0 Å². The average molecular weight is 268 g/mol. The van der Waals surface area contributed by atoms with Gasteiger partial charge in [-0.05, 0) is 0 Å². The molecule has 0 fully saturated rings. The maximum absolute atomic E-state index is 10.2. The molecule has 1 rings (SSSR count). The molecule has 7 heteroatoms. The molecule has 0 aromatic carbocycles. The van der Waals surface area contributed by atoms with Crippen LogP contribution in [0.25, 0.3) is 0 Å². The summed E-state index contributed by atoms with van der Waals surface area (Å²) in [5.41, 5.74) is -2.41. The Morgan fingerprint density at radius 3 is 1.20 bits per heavy atom. The van der Waals surface area contributed by atoms with E-state index in [1.807, 2.05) is 0 Å². The predicted octanol–water partition coefficient (Wildman–Crippen LogP) is -2.40. The summed E-state index contributed by atoms with van der Waals surface area (Å²) in [6.07, 6.45) is 0. The Balaban J connectivity index is -0.000000270. The number of hydrogen-bond acceptors (Lipinski definition) is 3. The van der Waals surface area contributed by atoms with Crippen LogP contribution in [0.4, 0.5) is 0 Å². The maximum Gasteiger partial charge on any atom is 2.00 e. The van der Waals surface area contributed by atoms with Crippen LogP contribution in [0.1, 0.15) is 2.85 Å². The first kappa shape index (κ1) is 9.98. The summed E-state index contributed by atoms with van der Waals surface area (Å²) in [7, 11) is 0. The van der Waals surface area contributed by atoms with Gasteiger partial charge < -0.3 is 2.85 Å². The molecule has 0 saturated heterocycles. The zero-order chi connectivity index (χ0) is 6.85. The second-order valence-electron chi connectivity index (χ2n) is 1.36. The minimum Gasteiger partial charge on any atom is -1.00 e. The van der Waals surface area contributed by atoms with Gasteiger partial charge in [0.15, 0.2) is 0 Å². The molecule has 0 saturated carbocycles. The number of nitrogens with one attached hydrogen (secondary N) is 3. The number of aromatic amines is 3. The van der Waals surface area contributed by atoms with Crippen LogP contribution in [0.15, 0.2) is 14.4 Å². The van der Waals surface area contributed by atoms with Crippen molar-refractivity contribution in [1.82, 2.24) is 15.0 Å². The van der Waals surface area contributed by atoms with Gasteiger partial charge >= 0.3 is 66.0 Å².